The molecule has 6 saturated heterocycles. The van der Waals surface area contributed by atoms with Crippen LogP contribution in [0.2, 0.25) is 0 Å². The van der Waals surface area contributed by atoms with Crippen LogP contribution in [0, 0.1) is 11.8 Å². The van der Waals surface area contributed by atoms with Crippen molar-refractivity contribution in [2.24, 2.45) is 11.8 Å². The quantitative estimate of drug-likeness (QED) is 0.0691. The van der Waals surface area contributed by atoms with Gasteiger partial charge in [0.15, 0.2) is 11.6 Å². The number of rotatable bonds is 22. The van der Waals surface area contributed by atoms with E-state index in [4.69, 9.17) is 57.0 Å². The molecule has 14 atom stereocenters. The van der Waals surface area contributed by atoms with Gasteiger partial charge >= 0.3 is 11.9 Å². The largest absolute Gasteiger partial charge is 0.491 e. The number of hydroxylamine groups is 4. The van der Waals surface area contributed by atoms with Gasteiger partial charge in [0.25, 0.3) is 0 Å². The first kappa shape index (κ1) is 56.5. The molecule has 14 unspecified atom stereocenters. The summed E-state index contributed by atoms with van der Waals surface area (Å²) in [7, 11) is 0. The standard InChI is InChI=1S/C60H84N2O14/c1-13-55(9)37-59(41(7)57(11,15-3)61(55)75-39(5)43-21-25-47(26-22-43)65-29-49-31-67-49)71-35-51(73-59)33-69-53(63)45-17-19-46(20-18-45)54(64)70-34-52-36-72-60(74-52)38-56(10,14-2)62(58(12,16-4)42(60)8)76-40(6)44-23-27-48(28-24-44)66-30-50-32-68-50/h17-28,39-42,49-52H,13-16,29-38H2,1-12H3. The molecule has 16 nitrogen and oxygen atoms in total. The van der Waals surface area contributed by atoms with Crippen molar-refractivity contribution in [2.75, 3.05) is 52.9 Å². The Morgan fingerprint density at radius 1 is 0.526 bits per heavy atom. The summed E-state index contributed by atoms with van der Waals surface area (Å²) in [4.78, 5) is 40.8. The van der Waals surface area contributed by atoms with Gasteiger partial charge in [0.05, 0.1) is 48.6 Å². The summed E-state index contributed by atoms with van der Waals surface area (Å²) in [6.45, 7) is 29.2. The second-order valence-corrected chi connectivity index (χ2v) is 23.2. The number of hydrogen-bond donors (Lipinski definition) is 0. The van der Waals surface area contributed by atoms with Gasteiger partial charge < -0.3 is 47.4 Å². The highest BCUT2D eigenvalue weighted by molar-refractivity contribution is 5.93. The number of epoxide rings is 2. The van der Waals surface area contributed by atoms with Crippen LogP contribution in [0.1, 0.15) is 166 Å². The van der Waals surface area contributed by atoms with Crippen molar-refractivity contribution < 1.29 is 66.6 Å². The lowest BCUT2D eigenvalue weighted by atomic mass is 9.67. The van der Waals surface area contributed by atoms with E-state index in [-0.39, 0.29) is 62.7 Å². The summed E-state index contributed by atoms with van der Waals surface area (Å²) in [6.07, 6.45) is 3.28. The number of piperidine rings is 2. The number of esters is 2. The maximum atomic E-state index is 13.4. The first-order chi connectivity index (χ1) is 36.2. The Bertz CT molecular complexity index is 2290. The van der Waals surface area contributed by atoms with E-state index in [1.165, 1.54) is 0 Å². The predicted molar refractivity (Wildman–Crippen MR) is 282 cm³/mol. The van der Waals surface area contributed by atoms with Crippen molar-refractivity contribution in [3.8, 4) is 11.5 Å². The second-order valence-electron chi connectivity index (χ2n) is 23.2. The third-order valence-electron chi connectivity index (χ3n) is 18.1. The third kappa shape index (κ3) is 11.5. The van der Waals surface area contributed by atoms with E-state index in [1.807, 2.05) is 24.3 Å². The summed E-state index contributed by atoms with van der Waals surface area (Å²) >= 11 is 0. The topological polar surface area (TPSA) is 158 Å². The van der Waals surface area contributed by atoms with E-state index < -0.39 is 57.9 Å². The van der Waals surface area contributed by atoms with Crippen molar-refractivity contribution in [3.05, 3.63) is 95.1 Å². The number of carbonyl (C=O) groups is 2. The molecule has 6 fully saturated rings. The maximum Gasteiger partial charge on any atom is 0.338 e. The van der Waals surface area contributed by atoms with Crippen LogP contribution < -0.4 is 9.47 Å². The van der Waals surface area contributed by atoms with Crippen LogP contribution in [0.15, 0.2) is 72.8 Å². The summed E-state index contributed by atoms with van der Waals surface area (Å²) in [5.74, 6) is -1.46. The molecule has 0 radical (unpaired) electrons. The van der Waals surface area contributed by atoms with Crippen LogP contribution >= 0.6 is 0 Å². The highest BCUT2D eigenvalue weighted by atomic mass is 16.8. The molecule has 0 bridgehead atoms. The molecule has 76 heavy (non-hydrogen) atoms. The number of nitrogens with zero attached hydrogens (tertiary/aromatic N) is 2. The molecule has 16 heteroatoms. The van der Waals surface area contributed by atoms with Crippen LogP contribution in [-0.4, -0.2) is 133 Å². The molecule has 418 valence electrons. The molecular weight excluding hydrogens is 973 g/mol. The monoisotopic (exact) mass is 1060 g/mol. The Morgan fingerprint density at radius 2 is 0.882 bits per heavy atom. The minimum absolute atomic E-state index is 0.0117. The summed E-state index contributed by atoms with van der Waals surface area (Å²) < 4.78 is 60.9. The Hall–Kier alpha value is -4.20. The van der Waals surface area contributed by atoms with Gasteiger partial charge in [-0.15, -0.1) is 0 Å². The summed E-state index contributed by atoms with van der Waals surface area (Å²) in [5, 5.41) is 4.41. The second kappa shape index (κ2) is 22.5. The van der Waals surface area contributed by atoms with Crippen LogP contribution in [0.4, 0.5) is 0 Å². The highest BCUT2D eigenvalue weighted by Crippen LogP contribution is 2.57. The molecule has 6 aliphatic rings. The number of ether oxygens (including phenoxy) is 10. The first-order valence-corrected chi connectivity index (χ1v) is 28.0. The molecule has 6 heterocycles. The fourth-order valence-corrected chi connectivity index (χ4v) is 12.0. The van der Waals surface area contributed by atoms with Gasteiger partial charge in [-0.05, 0) is 127 Å². The lowest BCUT2D eigenvalue weighted by Gasteiger charge is -2.62. The van der Waals surface area contributed by atoms with Crippen molar-refractivity contribution >= 4 is 11.9 Å². The molecule has 9 rings (SSSR count). The first-order valence-electron chi connectivity index (χ1n) is 28.0. The van der Waals surface area contributed by atoms with Crippen LogP contribution in [-0.2, 0) is 47.6 Å². The van der Waals surface area contributed by atoms with Gasteiger partial charge in [-0.25, -0.2) is 9.59 Å². The predicted octanol–water partition coefficient (Wildman–Crippen LogP) is 10.5. The van der Waals surface area contributed by atoms with Gasteiger partial charge in [-0.3, -0.25) is 9.68 Å². The van der Waals surface area contributed by atoms with Gasteiger partial charge in [-0.1, -0.05) is 65.8 Å². The Kier molecular flexibility index (Phi) is 16.7. The van der Waals surface area contributed by atoms with Crippen LogP contribution in [0.25, 0.3) is 0 Å². The van der Waals surface area contributed by atoms with E-state index in [0.717, 1.165) is 61.5 Å². The summed E-state index contributed by atoms with van der Waals surface area (Å²) in [5.41, 5.74) is 0.899. The summed E-state index contributed by atoms with van der Waals surface area (Å²) in [6, 6.07) is 22.5. The molecule has 3 aromatic rings. The molecule has 2 spiro atoms. The molecule has 6 aliphatic heterocycles. The smallest absolute Gasteiger partial charge is 0.338 e. The van der Waals surface area contributed by atoms with E-state index in [2.05, 4.69) is 117 Å². The molecule has 0 saturated carbocycles. The van der Waals surface area contributed by atoms with Crippen molar-refractivity contribution in [1.82, 2.24) is 10.1 Å². The number of benzene rings is 3. The minimum atomic E-state index is -0.912. The van der Waals surface area contributed by atoms with Gasteiger partial charge in [0.2, 0.25) is 0 Å². The lowest BCUT2D eigenvalue weighted by molar-refractivity contribution is -0.380. The normalized spacial score (nSPS) is 36.0. The molecule has 0 aliphatic carbocycles. The van der Waals surface area contributed by atoms with Gasteiger partial charge in [0.1, 0.15) is 74.6 Å². The molecule has 0 amide bonds. The highest BCUT2D eigenvalue weighted by Gasteiger charge is 2.66. The van der Waals surface area contributed by atoms with E-state index in [1.54, 1.807) is 24.3 Å². The zero-order valence-electron chi connectivity index (χ0n) is 47.1. The number of carbonyl (C=O) groups excluding carboxylic acids is 2. The van der Waals surface area contributed by atoms with E-state index >= 15 is 0 Å². The van der Waals surface area contributed by atoms with E-state index in [9.17, 15) is 9.59 Å². The molecule has 0 aromatic heterocycles. The third-order valence-corrected chi connectivity index (χ3v) is 18.1. The lowest BCUT2D eigenvalue weighted by Crippen LogP contribution is -2.71. The maximum absolute atomic E-state index is 13.4. The Labute approximate surface area is 450 Å². The van der Waals surface area contributed by atoms with Crippen LogP contribution in [0.5, 0.6) is 11.5 Å². The molecule has 3 aromatic carbocycles. The van der Waals surface area contributed by atoms with E-state index in [0.29, 0.717) is 37.2 Å². The molecular formula is C60H84N2O14. The van der Waals surface area contributed by atoms with Crippen LogP contribution in [0.3, 0.4) is 0 Å². The van der Waals surface area contributed by atoms with Crippen molar-refractivity contribution in [2.45, 2.75) is 192 Å². The Balaban J connectivity index is 0.754. The van der Waals surface area contributed by atoms with Gasteiger partial charge in [0, 0.05) is 35.8 Å². The minimum Gasteiger partial charge on any atom is -0.491 e. The average molecular weight is 1060 g/mol. The zero-order valence-corrected chi connectivity index (χ0v) is 47.1. The molecule has 0 N–H and O–H groups in total. The Morgan fingerprint density at radius 3 is 1.20 bits per heavy atom. The zero-order chi connectivity index (χ0) is 54.3. The van der Waals surface area contributed by atoms with Crippen molar-refractivity contribution in [3.63, 3.8) is 0 Å². The fourth-order valence-electron chi connectivity index (χ4n) is 12.0. The SMILES string of the molecule is CCC1(C)CC2(OCC(COC(=O)c3ccc(C(=O)OCC4COC5(CC(C)(CC)N(OC(C)c6ccc(OCC7CO7)cc6)C(C)(CC)C5C)O4)cc3)O2)C(C)C(C)(CC)N1OC(C)c1ccc(OCC2CO2)cc1. The fraction of sp³-hybridized carbons (Fsp3) is 0.667. The average Bonchev–Trinajstić information content (AvgIpc) is 4.44. The number of hydrogen-bond acceptors (Lipinski definition) is 16. The van der Waals surface area contributed by atoms with Gasteiger partial charge in [-0.2, -0.15) is 10.1 Å². The van der Waals surface area contributed by atoms with Crippen molar-refractivity contribution in [1.29, 1.82) is 0 Å².